The predicted molar refractivity (Wildman–Crippen MR) is 59.8 cm³/mol. The maximum Gasteiger partial charge on any atom is 0.0547 e. The first kappa shape index (κ1) is 11.4. The monoisotopic (exact) mass is 213 g/mol. The van der Waals surface area contributed by atoms with Crippen LogP contribution in [0, 0.1) is 11.3 Å². The first-order chi connectivity index (χ1) is 7.27. The van der Waals surface area contributed by atoms with Crippen molar-refractivity contribution in [2.75, 3.05) is 40.0 Å². The molecule has 0 atom stereocenters. The highest BCUT2D eigenvalue weighted by Gasteiger charge is 2.45. The summed E-state index contributed by atoms with van der Waals surface area (Å²) in [7, 11) is 2.20. The van der Waals surface area contributed by atoms with Crippen LogP contribution in [0.25, 0.3) is 0 Å². The Bertz CT molecular complexity index is 196. The molecule has 2 aliphatic rings. The molecular formula is C12H23NO2. The molecule has 2 fully saturated rings. The number of hydrogen-bond acceptors (Lipinski definition) is 3. The second-order valence-electron chi connectivity index (χ2n) is 5.26. The van der Waals surface area contributed by atoms with E-state index in [1.54, 1.807) is 0 Å². The van der Waals surface area contributed by atoms with Crippen LogP contribution in [0.4, 0.5) is 0 Å². The van der Waals surface area contributed by atoms with E-state index in [0.29, 0.717) is 12.0 Å². The highest BCUT2D eigenvalue weighted by atomic mass is 16.5. The van der Waals surface area contributed by atoms with E-state index >= 15 is 0 Å². The number of likely N-dealkylation sites (tertiary alicyclic amines) is 1. The lowest BCUT2D eigenvalue weighted by Crippen LogP contribution is -2.51. The van der Waals surface area contributed by atoms with Gasteiger partial charge in [-0.25, -0.2) is 0 Å². The van der Waals surface area contributed by atoms with Crippen LogP contribution < -0.4 is 0 Å². The van der Waals surface area contributed by atoms with Gasteiger partial charge < -0.3 is 14.7 Å². The first-order valence-electron chi connectivity index (χ1n) is 6.14. The molecule has 0 unspecified atom stereocenters. The molecule has 88 valence electrons. The van der Waals surface area contributed by atoms with Crippen molar-refractivity contribution in [1.29, 1.82) is 0 Å². The summed E-state index contributed by atoms with van der Waals surface area (Å²) in [5, 5.41) is 8.94. The molecule has 0 aliphatic carbocycles. The third-order valence-electron chi connectivity index (χ3n) is 4.20. The topological polar surface area (TPSA) is 32.7 Å². The largest absolute Gasteiger partial charge is 0.396 e. The van der Waals surface area contributed by atoms with Crippen LogP contribution in [0.15, 0.2) is 0 Å². The average molecular weight is 213 g/mol. The van der Waals surface area contributed by atoms with Gasteiger partial charge in [0.1, 0.15) is 0 Å². The normalized spacial score (nSPS) is 27.6. The third kappa shape index (κ3) is 2.35. The zero-order chi connectivity index (χ0) is 10.7. The molecule has 0 aromatic heterocycles. The second-order valence-corrected chi connectivity index (χ2v) is 5.26. The van der Waals surface area contributed by atoms with E-state index in [1.807, 2.05) is 0 Å². The van der Waals surface area contributed by atoms with Crippen LogP contribution in [-0.2, 0) is 4.74 Å². The van der Waals surface area contributed by atoms with Crippen molar-refractivity contribution < 1.29 is 9.84 Å². The number of aliphatic hydroxyl groups excluding tert-OH is 1. The number of hydrogen-bond donors (Lipinski definition) is 1. The van der Waals surface area contributed by atoms with E-state index in [4.69, 9.17) is 9.84 Å². The molecule has 2 rings (SSSR count). The second kappa shape index (κ2) is 4.81. The summed E-state index contributed by atoms with van der Waals surface area (Å²) < 4.78 is 5.42. The minimum atomic E-state index is 0.328. The van der Waals surface area contributed by atoms with Gasteiger partial charge in [0.2, 0.25) is 0 Å². The summed E-state index contributed by atoms with van der Waals surface area (Å²) in [5.41, 5.74) is 0.421. The standard InChI is InChI=1S/C12H23NO2/c1-13-6-3-11(4-7-13)12(5-2-8-14)9-15-10-12/h11,14H,2-10H2,1H3. The van der Waals surface area contributed by atoms with Crippen LogP contribution in [-0.4, -0.2) is 50.0 Å². The summed E-state index contributed by atoms with van der Waals surface area (Å²) in [6.45, 7) is 4.65. The van der Waals surface area contributed by atoms with Gasteiger partial charge in [-0.15, -0.1) is 0 Å². The smallest absolute Gasteiger partial charge is 0.0547 e. The van der Waals surface area contributed by atoms with Crippen molar-refractivity contribution in [3.05, 3.63) is 0 Å². The van der Waals surface area contributed by atoms with Gasteiger partial charge >= 0.3 is 0 Å². The number of rotatable bonds is 4. The van der Waals surface area contributed by atoms with Crippen LogP contribution >= 0.6 is 0 Å². The lowest BCUT2D eigenvalue weighted by atomic mass is 9.67. The molecule has 0 bridgehead atoms. The Morgan fingerprint density at radius 3 is 2.47 bits per heavy atom. The fourth-order valence-electron chi connectivity index (χ4n) is 3.00. The van der Waals surface area contributed by atoms with E-state index < -0.39 is 0 Å². The zero-order valence-electron chi connectivity index (χ0n) is 9.74. The van der Waals surface area contributed by atoms with Gasteiger partial charge in [0, 0.05) is 12.0 Å². The van der Waals surface area contributed by atoms with Crippen molar-refractivity contribution in [3.63, 3.8) is 0 Å². The van der Waals surface area contributed by atoms with Crippen molar-refractivity contribution >= 4 is 0 Å². The SMILES string of the molecule is CN1CCC(C2(CCCO)COC2)CC1. The fourth-order valence-corrected chi connectivity index (χ4v) is 3.00. The first-order valence-corrected chi connectivity index (χ1v) is 6.14. The van der Waals surface area contributed by atoms with Gasteiger partial charge in [0.05, 0.1) is 13.2 Å². The molecule has 0 aromatic rings. The lowest BCUT2D eigenvalue weighted by Gasteiger charge is -2.50. The fraction of sp³-hybridized carbons (Fsp3) is 1.00. The molecule has 0 amide bonds. The highest BCUT2D eigenvalue weighted by molar-refractivity contribution is 4.93. The van der Waals surface area contributed by atoms with Gasteiger partial charge in [-0.3, -0.25) is 0 Å². The average Bonchev–Trinajstić information content (AvgIpc) is 2.19. The summed E-state index contributed by atoms with van der Waals surface area (Å²) in [5.74, 6) is 0.828. The molecular weight excluding hydrogens is 190 g/mol. The predicted octanol–water partition coefficient (Wildman–Crippen LogP) is 1.12. The van der Waals surface area contributed by atoms with Gasteiger partial charge in [-0.05, 0) is 51.7 Å². The summed E-state index contributed by atoms with van der Waals surface area (Å²) in [6.07, 6.45) is 4.71. The molecule has 0 saturated carbocycles. The Hall–Kier alpha value is -0.120. The minimum Gasteiger partial charge on any atom is -0.396 e. The van der Waals surface area contributed by atoms with Crippen molar-refractivity contribution in [2.24, 2.45) is 11.3 Å². The Balaban J connectivity index is 1.88. The van der Waals surface area contributed by atoms with Crippen LogP contribution in [0.3, 0.4) is 0 Å². The number of aliphatic hydroxyl groups is 1. The maximum absolute atomic E-state index is 8.94. The van der Waals surface area contributed by atoms with E-state index in [9.17, 15) is 0 Å². The summed E-state index contributed by atoms with van der Waals surface area (Å²) in [6, 6.07) is 0. The quantitative estimate of drug-likeness (QED) is 0.759. The molecule has 0 radical (unpaired) electrons. The maximum atomic E-state index is 8.94. The van der Waals surface area contributed by atoms with Gasteiger partial charge in [-0.1, -0.05) is 0 Å². The van der Waals surface area contributed by atoms with Crippen LogP contribution in [0.5, 0.6) is 0 Å². The minimum absolute atomic E-state index is 0.328. The van der Waals surface area contributed by atoms with Crippen LogP contribution in [0.2, 0.25) is 0 Å². The Morgan fingerprint density at radius 2 is 2.00 bits per heavy atom. The number of piperidine rings is 1. The number of nitrogens with zero attached hydrogens (tertiary/aromatic N) is 1. The lowest BCUT2D eigenvalue weighted by molar-refractivity contribution is -0.160. The molecule has 2 aliphatic heterocycles. The van der Waals surface area contributed by atoms with E-state index in [0.717, 1.165) is 32.0 Å². The van der Waals surface area contributed by atoms with Crippen LogP contribution in [0.1, 0.15) is 25.7 Å². The Kier molecular flexibility index (Phi) is 3.65. The summed E-state index contributed by atoms with van der Waals surface area (Å²) in [4.78, 5) is 2.41. The Morgan fingerprint density at radius 1 is 1.33 bits per heavy atom. The highest BCUT2D eigenvalue weighted by Crippen LogP contribution is 2.44. The zero-order valence-corrected chi connectivity index (χ0v) is 9.74. The molecule has 3 heteroatoms. The van der Waals surface area contributed by atoms with Crippen molar-refractivity contribution in [1.82, 2.24) is 4.90 Å². The molecule has 3 nitrogen and oxygen atoms in total. The van der Waals surface area contributed by atoms with E-state index in [-0.39, 0.29) is 0 Å². The molecule has 2 saturated heterocycles. The van der Waals surface area contributed by atoms with Crippen molar-refractivity contribution in [2.45, 2.75) is 25.7 Å². The van der Waals surface area contributed by atoms with Crippen molar-refractivity contribution in [3.8, 4) is 0 Å². The van der Waals surface area contributed by atoms with E-state index in [1.165, 1.54) is 25.9 Å². The third-order valence-corrected chi connectivity index (χ3v) is 4.20. The molecule has 0 aromatic carbocycles. The molecule has 15 heavy (non-hydrogen) atoms. The van der Waals surface area contributed by atoms with Gasteiger partial charge in [0.15, 0.2) is 0 Å². The molecule has 1 N–H and O–H groups in total. The van der Waals surface area contributed by atoms with Gasteiger partial charge in [-0.2, -0.15) is 0 Å². The summed E-state index contributed by atoms with van der Waals surface area (Å²) >= 11 is 0. The molecule has 0 spiro atoms. The van der Waals surface area contributed by atoms with E-state index in [2.05, 4.69) is 11.9 Å². The molecule has 2 heterocycles. The van der Waals surface area contributed by atoms with Gasteiger partial charge in [0.25, 0.3) is 0 Å². The Labute approximate surface area is 92.4 Å². The number of ether oxygens (including phenoxy) is 1.